The number of halogens is 1. The fraction of sp³-hybridized carbons (Fsp3) is 0.259. The van der Waals surface area contributed by atoms with E-state index in [0.717, 1.165) is 24.8 Å². The van der Waals surface area contributed by atoms with Crippen molar-refractivity contribution < 1.29 is 18.0 Å². The minimum absolute atomic E-state index is 0.0810. The molecule has 3 aromatic carbocycles. The first-order valence-corrected chi connectivity index (χ1v) is 15.0. The van der Waals surface area contributed by atoms with Gasteiger partial charge in [-0.25, -0.2) is 8.42 Å². The molecule has 0 unspecified atom stereocenters. The SMILES string of the molecule is CNC(=O)[C@@H](C)N(Cc1ccc(Br)cc1)C(=O)CN(c1ccc(C)cc1)S(=O)(=O)c1ccc(SC)cc1. The maximum Gasteiger partial charge on any atom is 0.264 e. The Morgan fingerprint density at radius 2 is 1.57 bits per heavy atom. The normalized spacial score (nSPS) is 12.0. The van der Waals surface area contributed by atoms with Crippen molar-refractivity contribution >= 4 is 55.2 Å². The molecule has 7 nitrogen and oxygen atoms in total. The van der Waals surface area contributed by atoms with Gasteiger partial charge in [0.1, 0.15) is 12.6 Å². The molecule has 0 radical (unpaired) electrons. The second-order valence-electron chi connectivity index (χ2n) is 8.46. The standard InChI is InChI=1S/C27H30BrN3O4S2/c1-19-5-11-23(12-6-19)31(37(34,35)25-15-13-24(36-4)14-16-25)18-26(32)30(20(2)27(33)29-3)17-21-7-9-22(28)10-8-21/h5-16,20H,17-18H2,1-4H3,(H,29,33)/t20-/m1/s1. The van der Waals surface area contributed by atoms with Crippen LogP contribution in [0.1, 0.15) is 18.1 Å². The predicted molar refractivity (Wildman–Crippen MR) is 152 cm³/mol. The Morgan fingerprint density at radius 1 is 0.973 bits per heavy atom. The molecule has 0 saturated carbocycles. The molecule has 0 heterocycles. The van der Waals surface area contributed by atoms with Crippen LogP contribution in [0.15, 0.2) is 87.1 Å². The fourth-order valence-electron chi connectivity index (χ4n) is 3.69. The monoisotopic (exact) mass is 603 g/mol. The lowest BCUT2D eigenvalue weighted by Crippen LogP contribution is -2.50. The number of aryl methyl sites for hydroxylation is 1. The van der Waals surface area contributed by atoms with E-state index in [1.54, 1.807) is 55.5 Å². The fourth-order valence-corrected chi connectivity index (χ4v) is 5.78. The van der Waals surface area contributed by atoms with Gasteiger partial charge in [0.05, 0.1) is 10.6 Å². The molecule has 0 spiro atoms. The Labute approximate surface area is 231 Å². The van der Waals surface area contributed by atoms with Gasteiger partial charge >= 0.3 is 0 Å². The van der Waals surface area contributed by atoms with E-state index in [9.17, 15) is 18.0 Å². The van der Waals surface area contributed by atoms with E-state index >= 15 is 0 Å². The van der Waals surface area contributed by atoms with Gasteiger partial charge < -0.3 is 10.2 Å². The number of hydrogen-bond acceptors (Lipinski definition) is 5. The first-order chi connectivity index (χ1) is 17.6. The average Bonchev–Trinajstić information content (AvgIpc) is 2.91. The molecule has 37 heavy (non-hydrogen) atoms. The third-order valence-corrected chi connectivity index (χ3v) is 8.99. The van der Waals surface area contributed by atoms with Crippen LogP contribution in [0.5, 0.6) is 0 Å². The number of hydrogen-bond donors (Lipinski definition) is 1. The molecule has 0 aliphatic carbocycles. The quantitative estimate of drug-likeness (QED) is 0.335. The zero-order chi connectivity index (χ0) is 27.2. The van der Waals surface area contributed by atoms with Crippen molar-refractivity contribution in [2.75, 3.05) is 24.2 Å². The largest absolute Gasteiger partial charge is 0.357 e. The van der Waals surface area contributed by atoms with E-state index in [1.807, 2.05) is 37.4 Å². The molecule has 0 aromatic heterocycles. The first-order valence-electron chi connectivity index (χ1n) is 11.6. The van der Waals surface area contributed by atoms with Gasteiger partial charge in [0.2, 0.25) is 11.8 Å². The number of likely N-dealkylation sites (N-methyl/N-ethyl adjacent to an activating group) is 1. The number of carbonyl (C=O) groups excluding carboxylic acids is 2. The number of amides is 2. The summed E-state index contributed by atoms with van der Waals surface area (Å²) in [4.78, 5) is 28.7. The predicted octanol–water partition coefficient (Wildman–Crippen LogP) is 4.84. The van der Waals surface area contributed by atoms with Crippen molar-refractivity contribution in [1.29, 1.82) is 0 Å². The number of rotatable bonds is 10. The molecular formula is C27H30BrN3O4S2. The Kier molecular flexibility index (Phi) is 9.80. The Morgan fingerprint density at radius 3 is 2.11 bits per heavy atom. The number of anilines is 1. The van der Waals surface area contributed by atoms with Crippen LogP contribution in [0.3, 0.4) is 0 Å². The minimum atomic E-state index is -4.08. The number of carbonyl (C=O) groups is 2. The summed E-state index contributed by atoms with van der Waals surface area (Å²) in [6.45, 7) is 3.21. The number of benzene rings is 3. The lowest BCUT2D eigenvalue weighted by molar-refractivity contribution is -0.139. The molecular weight excluding hydrogens is 574 g/mol. The van der Waals surface area contributed by atoms with Gasteiger partial charge in [-0.05, 0) is 74.2 Å². The van der Waals surface area contributed by atoms with E-state index in [2.05, 4.69) is 21.2 Å². The summed E-state index contributed by atoms with van der Waals surface area (Å²) in [7, 11) is -2.58. The number of sulfonamides is 1. The number of nitrogens with zero attached hydrogens (tertiary/aromatic N) is 2. The van der Waals surface area contributed by atoms with Crippen LogP contribution in [0.25, 0.3) is 0 Å². The molecule has 0 bridgehead atoms. The summed E-state index contributed by atoms with van der Waals surface area (Å²) in [5.41, 5.74) is 2.13. The molecule has 0 fully saturated rings. The van der Waals surface area contributed by atoms with Gasteiger partial charge in [-0.3, -0.25) is 13.9 Å². The highest BCUT2D eigenvalue weighted by molar-refractivity contribution is 9.10. The van der Waals surface area contributed by atoms with E-state index in [-0.39, 0.29) is 17.3 Å². The van der Waals surface area contributed by atoms with E-state index in [0.29, 0.717) is 5.69 Å². The van der Waals surface area contributed by atoms with Gasteiger partial charge in [0.25, 0.3) is 10.0 Å². The highest BCUT2D eigenvalue weighted by Crippen LogP contribution is 2.26. The Hall–Kier alpha value is -2.82. The topological polar surface area (TPSA) is 86.8 Å². The van der Waals surface area contributed by atoms with Gasteiger partial charge in [-0.1, -0.05) is 45.8 Å². The van der Waals surface area contributed by atoms with Crippen LogP contribution in [0.2, 0.25) is 0 Å². The summed E-state index contributed by atoms with van der Waals surface area (Å²) in [5, 5.41) is 2.58. The number of nitrogens with one attached hydrogen (secondary N) is 1. The molecule has 0 aliphatic heterocycles. The van der Waals surface area contributed by atoms with Crippen molar-refractivity contribution in [3.05, 3.63) is 88.4 Å². The first kappa shape index (κ1) is 28.7. The Balaban J connectivity index is 2.01. The zero-order valence-electron chi connectivity index (χ0n) is 21.1. The average molecular weight is 605 g/mol. The second-order valence-corrected chi connectivity index (χ2v) is 12.1. The zero-order valence-corrected chi connectivity index (χ0v) is 24.4. The third kappa shape index (κ3) is 7.15. The molecule has 2 amide bonds. The van der Waals surface area contributed by atoms with Crippen molar-refractivity contribution in [3.8, 4) is 0 Å². The van der Waals surface area contributed by atoms with Crippen molar-refractivity contribution in [3.63, 3.8) is 0 Å². The summed E-state index contributed by atoms with van der Waals surface area (Å²) in [5.74, 6) is -0.841. The molecule has 10 heteroatoms. The van der Waals surface area contributed by atoms with E-state index < -0.39 is 28.5 Å². The van der Waals surface area contributed by atoms with Crippen LogP contribution in [0.4, 0.5) is 5.69 Å². The summed E-state index contributed by atoms with van der Waals surface area (Å²) in [6, 6.07) is 20.1. The van der Waals surface area contributed by atoms with Gasteiger partial charge in [-0.2, -0.15) is 0 Å². The Bertz CT molecular complexity index is 1330. The lowest BCUT2D eigenvalue weighted by atomic mass is 10.1. The smallest absolute Gasteiger partial charge is 0.264 e. The maximum atomic E-state index is 13.8. The van der Waals surface area contributed by atoms with Crippen molar-refractivity contribution in [1.82, 2.24) is 10.2 Å². The number of thioether (sulfide) groups is 1. The summed E-state index contributed by atoms with van der Waals surface area (Å²) in [6.07, 6.45) is 1.91. The molecule has 0 aliphatic rings. The molecule has 1 atom stereocenters. The maximum absolute atomic E-state index is 13.8. The highest BCUT2D eigenvalue weighted by atomic mass is 79.9. The van der Waals surface area contributed by atoms with Crippen LogP contribution < -0.4 is 9.62 Å². The molecule has 3 rings (SSSR count). The summed E-state index contributed by atoms with van der Waals surface area (Å²) < 4.78 is 29.6. The van der Waals surface area contributed by atoms with Gasteiger partial charge in [-0.15, -0.1) is 11.8 Å². The summed E-state index contributed by atoms with van der Waals surface area (Å²) >= 11 is 4.91. The van der Waals surface area contributed by atoms with E-state index in [1.165, 1.54) is 23.7 Å². The molecule has 1 N–H and O–H groups in total. The van der Waals surface area contributed by atoms with Crippen molar-refractivity contribution in [2.24, 2.45) is 0 Å². The van der Waals surface area contributed by atoms with Crippen LogP contribution in [-0.2, 0) is 26.2 Å². The molecule has 0 saturated heterocycles. The molecule has 3 aromatic rings. The van der Waals surface area contributed by atoms with Crippen LogP contribution >= 0.6 is 27.7 Å². The van der Waals surface area contributed by atoms with Crippen molar-refractivity contribution in [2.45, 2.75) is 36.2 Å². The second kappa shape index (κ2) is 12.6. The highest BCUT2D eigenvalue weighted by Gasteiger charge is 2.32. The van der Waals surface area contributed by atoms with E-state index in [4.69, 9.17) is 0 Å². The third-order valence-electron chi connectivity index (χ3n) is 5.93. The van der Waals surface area contributed by atoms with Gasteiger partial charge in [0, 0.05) is 23.0 Å². The van der Waals surface area contributed by atoms with Crippen LogP contribution in [-0.4, -0.2) is 51.0 Å². The minimum Gasteiger partial charge on any atom is -0.357 e. The van der Waals surface area contributed by atoms with Gasteiger partial charge in [0.15, 0.2) is 0 Å². The molecule has 196 valence electrons. The lowest BCUT2D eigenvalue weighted by Gasteiger charge is -2.31. The van der Waals surface area contributed by atoms with Crippen LogP contribution in [0, 0.1) is 6.92 Å².